The van der Waals surface area contributed by atoms with Crippen LogP contribution < -0.4 is 0 Å². The highest BCUT2D eigenvalue weighted by Gasteiger charge is 2.43. The van der Waals surface area contributed by atoms with Gasteiger partial charge >= 0.3 is 5.97 Å². The summed E-state index contributed by atoms with van der Waals surface area (Å²) < 4.78 is 4.95. The number of aliphatic carboxylic acids is 1. The van der Waals surface area contributed by atoms with E-state index in [-0.39, 0.29) is 12.3 Å². The third-order valence-corrected chi connectivity index (χ3v) is 3.93. The first-order chi connectivity index (χ1) is 9.03. The molecular weight excluding hydrogens is 246 g/mol. The number of carboxylic acids is 1. The van der Waals surface area contributed by atoms with E-state index < -0.39 is 11.4 Å². The van der Waals surface area contributed by atoms with Gasteiger partial charge in [0.25, 0.3) is 0 Å². The van der Waals surface area contributed by atoms with Crippen LogP contribution in [0.15, 0.2) is 23.0 Å². The average molecular weight is 265 g/mol. The summed E-state index contributed by atoms with van der Waals surface area (Å²) in [7, 11) is 1.69. The molecule has 5 nitrogen and oxygen atoms in total. The second kappa shape index (κ2) is 5.47. The van der Waals surface area contributed by atoms with Gasteiger partial charge in [0.2, 0.25) is 5.91 Å². The van der Waals surface area contributed by atoms with Crippen LogP contribution in [0.2, 0.25) is 0 Å². The smallest absolute Gasteiger partial charge is 0.310 e. The molecule has 0 spiro atoms. The molecule has 1 heterocycles. The van der Waals surface area contributed by atoms with Crippen molar-refractivity contribution in [3.05, 3.63) is 24.2 Å². The molecule has 0 aliphatic heterocycles. The minimum atomic E-state index is -0.845. The molecule has 0 radical (unpaired) electrons. The maximum absolute atomic E-state index is 12.2. The molecule has 1 aliphatic carbocycles. The van der Waals surface area contributed by atoms with Crippen molar-refractivity contribution >= 4 is 11.9 Å². The van der Waals surface area contributed by atoms with Crippen LogP contribution in [0.25, 0.3) is 0 Å². The lowest BCUT2D eigenvalue weighted by molar-refractivity contribution is -0.153. The molecule has 2 rings (SSSR count). The molecule has 0 atom stereocenters. The molecule has 1 saturated carbocycles. The van der Waals surface area contributed by atoms with E-state index in [1.165, 1.54) is 0 Å². The number of hydrogen-bond donors (Lipinski definition) is 1. The summed E-state index contributed by atoms with van der Waals surface area (Å²) in [4.78, 5) is 25.1. The molecule has 1 aliphatic rings. The molecule has 104 valence electrons. The van der Waals surface area contributed by atoms with E-state index in [0.717, 1.165) is 18.4 Å². The molecule has 0 saturated heterocycles. The quantitative estimate of drug-likeness (QED) is 0.886. The molecule has 1 N–H and O–H groups in total. The number of furan rings is 1. The predicted molar refractivity (Wildman–Crippen MR) is 68.3 cm³/mol. The minimum absolute atomic E-state index is 0.0939. The van der Waals surface area contributed by atoms with Gasteiger partial charge in [-0.2, -0.15) is 0 Å². The SMILES string of the molecule is CN(Cc1ccoc1)C(=O)CC1(C(=O)O)CCCC1. The van der Waals surface area contributed by atoms with Gasteiger partial charge < -0.3 is 14.4 Å². The monoisotopic (exact) mass is 265 g/mol. The number of carbonyl (C=O) groups is 2. The van der Waals surface area contributed by atoms with Gasteiger partial charge in [-0.15, -0.1) is 0 Å². The van der Waals surface area contributed by atoms with E-state index in [4.69, 9.17) is 4.42 Å². The Kier molecular flexibility index (Phi) is 3.93. The number of nitrogens with zero attached hydrogens (tertiary/aromatic N) is 1. The summed E-state index contributed by atoms with van der Waals surface area (Å²) in [5.41, 5.74) is 0.0634. The Hall–Kier alpha value is -1.78. The molecule has 0 aromatic carbocycles. The normalized spacial score (nSPS) is 17.3. The average Bonchev–Trinajstić information content (AvgIpc) is 3.00. The summed E-state index contributed by atoms with van der Waals surface area (Å²) in [5, 5.41) is 9.37. The van der Waals surface area contributed by atoms with Gasteiger partial charge in [0.05, 0.1) is 17.9 Å². The van der Waals surface area contributed by atoms with Crippen molar-refractivity contribution in [2.75, 3.05) is 7.05 Å². The molecule has 0 unspecified atom stereocenters. The van der Waals surface area contributed by atoms with E-state index in [1.54, 1.807) is 30.5 Å². The number of hydrogen-bond acceptors (Lipinski definition) is 3. The fourth-order valence-corrected chi connectivity index (χ4v) is 2.69. The first-order valence-corrected chi connectivity index (χ1v) is 6.52. The van der Waals surface area contributed by atoms with E-state index >= 15 is 0 Å². The Morgan fingerprint density at radius 3 is 2.63 bits per heavy atom. The van der Waals surface area contributed by atoms with Crippen molar-refractivity contribution in [3.8, 4) is 0 Å². The molecule has 5 heteroatoms. The van der Waals surface area contributed by atoms with Crippen LogP contribution in [-0.2, 0) is 16.1 Å². The third kappa shape index (κ3) is 2.97. The van der Waals surface area contributed by atoms with Crippen molar-refractivity contribution in [3.63, 3.8) is 0 Å². The van der Waals surface area contributed by atoms with Crippen molar-refractivity contribution in [2.45, 2.75) is 38.6 Å². The second-order valence-corrected chi connectivity index (χ2v) is 5.35. The maximum Gasteiger partial charge on any atom is 0.310 e. The zero-order chi connectivity index (χ0) is 13.9. The van der Waals surface area contributed by atoms with Gasteiger partial charge in [-0.3, -0.25) is 9.59 Å². The molecular formula is C14H19NO4. The summed E-state index contributed by atoms with van der Waals surface area (Å²) in [5.74, 6) is -0.958. The highest BCUT2D eigenvalue weighted by atomic mass is 16.4. The van der Waals surface area contributed by atoms with Crippen LogP contribution in [0.1, 0.15) is 37.7 Å². The Labute approximate surface area is 112 Å². The van der Waals surface area contributed by atoms with Gasteiger partial charge in [0.1, 0.15) is 0 Å². The van der Waals surface area contributed by atoms with Crippen molar-refractivity contribution in [1.82, 2.24) is 4.90 Å². The molecule has 19 heavy (non-hydrogen) atoms. The third-order valence-electron chi connectivity index (χ3n) is 3.93. The first-order valence-electron chi connectivity index (χ1n) is 6.52. The minimum Gasteiger partial charge on any atom is -0.481 e. The highest BCUT2D eigenvalue weighted by molar-refractivity contribution is 5.85. The largest absolute Gasteiger partial charge is 0.481 e. The Balaban J connectivity index is 1.97. The zero-order valence-corrected chi connectivity index (χ0v) is 11.1. The van der Waals surface area contributed by atoms with Crippen molar-refractivity contribution in [1.29, 1.82) is 0 Å². The summed E-state index contributed by atoms with van der Waals surface area (Å²) in [6, 6.07) is 1.80. The van der Waals surface area contributed by atoms with Crippen LogP contribution in [-0.4, -0.2) is 28.9 Å². The van der Waals surface area contributed by atoms with E-state index in [9.17, 15) is 14.7 Å². The van der Waals surface area contributed by atoms with Crippen LogP contribution >= 0.6 is 0 Å². The Morgan fingerprint density at radius 2 is 2.11 bits per heavy atom. The van der Waals surface area contributed by atoms with Crippen molar-refractivity contribution < 1.29 is 19.1 Å². The number of rotatable bonds is 5. The van der Waals surface area contributed by atoms with Gasteiger partial charge in [-0.1, -0.05) is 12.8 Å². The second-order valence-electron chi connectivity index (χ2n) is 5.35. The van der Waals surface area contributed by atoms with Gasteiger partial charge in [0, 0.05) is 25.6 Å². The molecule has 0 bridgehead atoms. The lowest BCUT2D eigenvalue weighted by Crippen LogP contribution is -2.36. The van der Waals surface area contributed by atoms with Crippen LogP contribution in [0.5, 0.6) is 0 Å². The van der Waals surface area contributed by atoms with Crippen LogP contribution in [0.4, 0.5) is 0 Å². The summed E-state index contributed by atoms with van der Waals surface area (Å²) in [6.07, 6.45) is 6.24. The van der Waals surface area contributed by atoms with Gasteiger partial charge in [-0.25, -0.2) is 0 Å². The standard InChI is InChI=1S/C14H19NO4/c1-15(9-11-4-7-19-10-11)12(16)8-14(13(17)18)5-2-3-6-14/h4,7,10H,2-3,5-6,8-9H2,1H3,(H,17,18). The van der Waals surface area contributed by atoms with Crippen LogP contribution in [0, 0.1) is 5.41 Å². The maximum atomic E-state index is 12.2. The van der Waals surface area contributed by atoms with Crippen LogP contribution in [0.3, 0.4) is 0 Å². The van der Waals surface area contributed by atoms with Gasteiger partial charge in [-0.05, 0) is 18.9 Å². The van der Waals surface area contributed by atoms with Gasteiger partial charge in [0.15, 0.2) is 0 Å². The Morgan fingerprint density at radius 1 is 1.42 bits per heavy atom. The number of carboxylic acid groups (broad SMARTS) is 1. The fraction of sp³-hybridized carbons (Fsp3) is 0.571. The van der Waals surface area contributed by atoms with E-state index in [0.29, 0.717) is 19.4 Å². The predicted octanol–water partition coefficient (Wildman–Crippen LogP) is 2.27. The molecule has 1 fully saturated rings. The zero-order valence-electron chi connectivity index (χ0n) is 11.1. The molecule has 1 aromatic heterocycles. The lowest BCUT2D eigenvalue weighted by Gasteiger charge is -2.26. The van der Waals surface area contributed by atoms with Crippen molar-refractivity contribution in [2.24, 2.45) is 5.41 Å². The van der Waals surface area contributed by atoms with E-state index in [1.807, 2.05) is 0 Å². The fourth-order valence-electron chi connectivity index (χ4n) is 2.69. The first kappa shape index (κ1) is 13.6. The topological polar surface area (TPSA) is 70.8 Å². The summed E-state index contributed by atoms with van der Waals surface area (Å²) in [6.45, 7) is 0.449. The lowest BCUT2D eigenvalue weighted by atomic mass is 9.82. The molecule has 1 amide bonds. The summed E-state index contributed by atoms with van der Waals surface area (Å²) >= 11 is 0. The Bertz CT molecular complexity index is 446. The highest BCUT2D eigenvalue weighted by Crippen LogP contribution is 2.41. The number of amides is 1. The van der Waals surface area contributed by atoms with E-state index in [2.05, 4.69) is 0 Å². The number of carbonyl (C=O) groups excluding carboxylic acids is 1. The molecule has 1 aromatic rings.